The van der Waals surface area contributed by atoms with Crippen molar-refractivity contribution in [1.29, 1.82) is 0 Å². The molecule has 0 amide bonds. The van der Waals surface area contributed by atoms with Gasteiger partial charge in [-0.2, -0.15) is 0 Å². The second kappa shape index (κ2) is 4.63. The van der Waals surface area contributed by atoms with Crippen molar-refractivity contribution >= 4 is 5.97 Å². The molecule has 0 aliphatic carbocycles. The Hall–Kier alpha value is -1.39. The zero-order valence-electron chi connectivity index (χ0n) is 8.89. The van der Waals surface area contributed by atoms with Gasteiger partial charge in [-0.05, 0) is 5.56 Å². The number of aliphatic hydroxyl groups is 1. The molecule has 86 valence electrons. The Bertz CT molecular complexity index is 351. The standard InChI is InChI=1S/C12H14O4/c13-7-12(8-15-9-12)11(14)16-6-10-4-2-1-3-5-10/h1-5,13H,6-9H2. The van der Waals surface area contributed by atoms with E-state index in [4.69, 9.17) is 14.6 Å². The molecule has 1 aliphatic rings. The smallest absolute Gasteiger partial charge is 0.319 e. The highest BCUT2D eigenvalue weighted by atomic mass is 16.6. The van der Waals surface area contributed by atoms with Gasteiger partial charge in [0, 0.05) is 0 Å². The normalized spacial score (nSPS) is 17.6. The molecule has 0 atom stereocenters. The van der Waals surface area contributed by atoms with Crippen LogP contribution < -0.4 is 0 Å². The van der Waals surface area contributed by atoms with Crippen molar-refractivity contribution in [1.82, 2.24) is 0 Å². The molecule has 0 bridgehead atoms. The summed E-state index contributed by atoms with van der Waals surface area (Å²) in [7, 11) is 0. The van der Waals surface area contributed by atoms with Crippen molar-refractivity contribution in [3.05, 3.63) is 35.9 Å². The molecule has 0 saturated carbocycles. The van der Waals surface area contributed by atoms with Crippen molar-refractivity contribution < 1.29 is 19.4 Å². The fourth-order valence-corrected chi connectivity index (χ4v) is 1.50. The molecular formula is C12H14O4. The Morgan fingerprint density at radius 2 is 2.06 bits per heavy atom. The Morgan fingerprint density at radius 3 is 2.56 bits per heavy atom. The zero-order valence-corrected chi connectivity index (χ0v) is 8.89. The van der Waals surface area contributed by atoms with Crippen LogP contribution in [0.15, 0.2) is 30.3 Å². The van der Waals surface area contributed by atoms with E-state index >= 15 is 0 Å². The van der Waals surface area contributed by atoms with Crippen LogP contribution in [0.1, 0.15) is 5.56 Å². The van der Waals surface area contributed by atoms with Gasteiger partial charge in [-0.3, -0.25) is 4.79 Å². The van der Waals surface area contributed by atoms with E-state index in [2.05, 4.69) is 0 Å². The molecule has 0 spiro atoms. The Balaban J connectivity index is 1.89. The number of carbonyl (C=O) groups is 1. The molecule has 4 nitrogen and oxygen atoms in total. The highest BCUT2D eigenvalue weighted by molar-refractivity contribution is 5.78. The maximum atomic E-state index is 11.7. The fraction of sp³-hybridized carbons (Fsp3) is 0.417. The van der Waals surface area contributed by atoms with Gasteiger partial charge in [0.2, 0.25) is 0 Å². The molecule has 0 unspecified atom stereocenters. The lowest BCUT2D eigenvalue weighted by Crippen LogP contribution is -2.52. The molecule has 0 aromatic heterocycles. The summed E-state index contributed by atoms with van der Waals surface area (Å²) in [4.78, 5) is 11.7. The van der Waals surface area contributed by atoms with E-state index in [9.17, 15) is 4.79 Å². The fourth-order valence-electron chi connectivity index (χ4n) is 1.50. The molecule has 0 radical (unpaired) electrons. The van der Waals surface area contributed by atoms with Crippen molar-refractivity contribution in [2.45, 2.75) is 6.61 Å². The first-order chi connectivity index (χ1) is 7.77. The van der Waals surface area contributed by atoms with Gasteiger partial charge in [0.15, 0.2) is 0 Å². The summed E-state index contributed by atoms with van der Waals surface area (Å²) >= 11 is 0. The second-order valence-electron chi connectivity index (χ2n) is 3.99. The first-order valence-electron chi connectivity index (χ1n) is 5.17. The van der Waals surface area contributed by atoms with Crippen LogP contribution in [0.2, 0.25) is 0 Å². The summed E-state index contributed by atoms with van der Waals surface area (Å²) in [5, 5.41) is 9.12. The number of hydrogen-bond acceptors (Lipinski definition) is 4. The number of aliphatic hydroxyl groups excluding tert-OH is 1. The molecule has 4 heteroatoms. The number of benzene rings is 1. The molecule has 1 aliphatic heterocycles. The number of esters is 1. The molecule has 1 aromatic carbocycles. The Labute approximate surface area is 93.8 Å². The van der Waals surface area contributed by atoms with Gasteiger partial charge in [0.05, 0.1) is 19.8 Å². The van der Waals surface area contributed by atoms with Gasteiger partial charge < -0.3 is 14.6 Å². The van der Waals surface area contributed by atoms with E-state index in [1.807, 2.05) is 30.3 Å². The lowest BCUT2D eigenvalue weighted by Gasteiger charge is -2.36. The average molecular weight is 222 g/mol. The molecule has 16 heavy (non-hydrogen) atoms. The molecule has 1 aromatic rings. The highest BCUT2D eigenvalue weighted by Crippen LogP contribution is 2.28. The van der Waals surface area contributed by atoms with Crippen molar-refractivity contribution in [3.63, 3.8) is 0 Å². The molecular weight excluding hydrogens is 208 g/mol. The first kappa shape index (κ1) is 11.1. The summed E-state index contributed by atoms with van der Waals surface area (Å²) in [6, 6.07) is 9.45. The SMILES string of the molecule is O=C(OCc1ccccc1)C1(CO)COC1. The monoisotopic (exact) mass is 222 g/mol. The molecule has 1 fully saturated rings. The third kappa shape index (κ3) is 2.08. The summed E-state index contributed by atoms with van der Waals surface area (Å²) in [6.07, 6.45) is 0. The van der Waals surface area contributed by atoms with Crippen LogP contribution in [0.5, 0.6) is 0 Å². The van der Waals surface area contributed by atoms with Gasteiger partial charge in [-0.15, -0.1) is 0 Å². The lowest BCUT2D eigenvalue weighted by molar-refractivity contribution is -0.194. The van der Waals surface area contributed by atoms with Crippen LogP contribution in [-0.2, 0) is 20.9 Å². The molecule has 1 saturated heterocycles. The summed E-state index contributed by atoms with van der Waals surface area (Å²) < 4.78 is 10.1. The van der Waals surface area contributed by atoms with Crippen LogP contribution in [0, 0.1) is 5.41 Å². The van der Waals surface area contributed by atoms with Gasteiger partial charge in [0.25, 0.3) is 0 Å². The number of hydrogen-bond donors (Lipinski definition) is 1. The van der Waals surface area contributed by atoms with Crippen LogP contribution in [0.3, 0.4) is 0 Å². The third-order valence-corrected chi connectivity index (χ3v) is 2.71. The van der Waals surface area contributed by atoms with Crippen LogP contribution in [0.4, 0.5) is 0 Å². The van der Waals surface area contributed by atoms with E-state index in [1.54, 1.807) is 0 Å². The van der Waals surface area contributed by atoms with E-state index in [0.717, 1.165) is 5.56 Å². The minimum absolute atomic E-state index is 0.222. The zero-order chi connectivity index (χ0) is 11.4. The minimum Gasteiger partial charge on any atom is -0.460 e. The average Bonchev–Trinajstić information content (AvgIpc) is 2.27. The van der Waals surface area contributed by atoms with E-state index in [1.165, 1.54) is 0 Å². The largest absolute Gasteiger partial charge is 0.460 e. The van der Waals surface area contributed by atoms with Gasteiger partial charge in [0.1, 0.15) is 12.0 Å². The van der Waals surface area contributed by atoms with E-state index in [0.29, 0.717) is 0 Å². The van der Waals surface area contributed by atoms with E-state index in [-0.39, 0.29) is 32.4 Å². The van der Waals surface area contributed by atoms with Crippen LogP contribution >= 0.6 is 0 Å². The number of rotatable bonds is 4. The summed E-state index contributed by atoms with van der Waals surface area (Å²) in [5.41, 5.74) is 0.110. The number of ether oxygens (including phenoxy) is 2. The quantitative estimate of drug-likeness (QED) is 0.763. The van der Waals surface area contributed by atoms with Gasteiger partial charge in [-0.25, -0.2) is 0 Å². The lowest BCUT2D eigenvalue weighted by atomic mass is 9.87. The van der Waals surface area contributed by atoms with Crippen molar-refractivity contribution in [2.24, 2.45) is 5.41 Å². The Morgan fingerprint density at radius 1 is 1.38 bits per heavy atom. The van der Waals surface area contributed by atoms with Crippen LogP contribution in [0.25, 0.3) is 0 Å². The predicted molar refractivity (Wildman–Crippen MR) is 56.6 cm³/mol. The maximum Gasteiger partial charge on any atom is 0.319 e. The minimum atomic E-state index is -0.825. The third-order valence-electron chi connectivity index (χ3n) is 2.71. The highest BCUT2D eigenvalue weighted by Gasteiger charge is 2.47. The molecule has 1 N–H and O–H groups in total. The van der Waals surface area contributed by atoms with E-state index < -0.39 is 5.41 Å². The second-order valence-corrected chi connectivity index (χ2v) is 3.99. The topological polar surface area (TPSA) is 55.8 Å². The van der Waals surface area contributed by atoms with Crippen molar-refractivity contribution in [3.8, 4) is 0 Å². The maximum absolute atomic E-state index is 11.7. The predicted octanol–water partition coefficient (Wildman–Crippen LogP) is 0.739. The molecule has 1 heterocycles. The summed E-state index contributed by atoms with van der Waals surface area (Å²) in [6.45, 7) is 0.510. The van der Waals surface area contributed by atoms with Gasteiger partial charge >= 0.3 is 5.97 Å². The van der Waals surface area contributed by atoms with Crippen molar-refractivity contribution in [2.75, 3.05) is 19.8 Å². The molecule has 2 rings (SSSR count). The first-order valence-corrected chi connectivity index (χ1v) is 5.17. The van der Waals surface area contributed by atoms with Gasteiger partial charge in [-0.1, -0.05) is 30.3 Å². The number of carbonyl (C=O) groups excluding carboxylic acids is 1. The van der Waals surface area contributed by atoms with Crippen LogP contribution in [-0.4, -0.2) is 30.9 Å². The Kier molecular flexibility index (Phi) is 3.22. The summed E-state index contributed by atoms with van der Waals surface area (Å²) in [5.74, 6) is -0.384.